The first-order valence-electron chi connectivity index (χ1n) is 5.38. The summed E-state index contributed by atoms with van der Waals surface area (Å²) < 4.78 is 0.869. The van der Waals surface area contributed by atoms with Gasteiger partial charge in [0.15, 0.2) is 0 Å². The first kappa shape index (κ1) is 12.3. The largest absolute Gasteiger partial charge is 0.369 e. The lowest BCUT2D eigenvalue weighted by Gasteiger charge is -2.33. The van der Waals surface area contributed by atoms with Crippen molar-refractivity contribution < 1.29 is 4.79 Å². The molecule has 0 aliphatic carbocycles. The number of hydrogen-bond acceptors (Lipinski definition) is 5. The molecule has 1 aliphatic heterocycles. The first-order valence-corrected chi connectivity index (χ1v) is 6.17. The van der Waals surface area contributed by atoms with Crippen molar-refractivity contribution in [3.8, 4) is 0 Å². The van der Waals surface area contributed by atoms with Crippen molar-refractivity contribution in [2.45, 2.75) is 0 Å². The van der Waals surface area contributed by atoms with E-state index in [1.54, 1.807) is 12.4 Å². The summed E-state index contributed by atoms with van der Waals surface area (Å²) in [5, 5.41) is 0. The Balaban J connectivity index is 1.90. The molecule has 0 radical (unpaired) electrons. The smallest absolute Gasteiger partial charge is 0.231 e. The zero-order valence-corrected chi connectivity index (χ0v) is 10.9. The Morgan fingerprint density at radius 2 is 1.88 bits per heavy atom. The van der Waals surface area contributed by atoms with Crippen molar-refractivity contribution in [2.24, 2.45) is 5.73 Å². The summed E-state index contributed by atoms with van der Waals surface area (Å²) in [4.78, 5) is 23.4. The summed E-state index contributed by atoms with van der Waals surface area (Å²) in [5.41, 5.74) is 5.16. The molecule has 1 aliphatic rings. The van der Waals surface area contributed by atoms with Gasteiger partial charge >= 0.3 is 0 Å². The minimum absolute atomic E-state index is 0.279. The van der Waals surface area contributed by atoms with Crippen LogP contribution in [0.25, 0.3) is 0 Å². The average Bonchev–Trinajstić information content (AvgIpc) is 2.30. The maximum absolute atomic E-state index is 10.8. The van der Waals surface area contributed by atoms with Gasteiger partial charge in [-0.1, -0.05) is 0 Å². The number of aromatic nitrogens is 2. The molecule has 2 rings (SSSR count). The van der Waals surface area contributed by atoms with Crippen molar-refractivity contribution >= 4 is 27.8 Å². The van der Waals surface area contributed by atoms with Gasteiger partial charge in [0.2, 0.25) is 11.9 Å². The second-order valence-electron chi connectivity index (χ2n) is 3.93. The predicted molar refractivity (Wildman–Crippen MR) is 67.6 cm³/mol. The zero-order chi connectivity index (χ0) is 12.3. The number of anilines is 1. The fourth-order valence-electron chi connectivity index (χ4n) is 1.80. The summed E-state index contributed by atoms with van der Waals surface area (Å²) in [6.07, 6.45) is 3.47. The Labute approximate surface area is 108 Å². The number of carbonyl (C=O) groups excluding carboxylic acids is 1. The lowest BCUT2D eigenvalue weighted by molar-refractivity contribution is -0.119. The zero-order valence-electron chi connectivity index (χ0n) is 9.34. The number of halogens is 1. The van der Waals surface area contributed by atoms with Crippen LogP contribution in [0.2, 0.25) is 0 Å². The molecule has 92 valence electrons. The summed E-state index contributed by atoms with van der Waals surface area (Å²) in [6.45, 7) is 3.57. The van der Waals surface area contributed by atoms with Crippen LogP contribution >= 0.6 is 15.9 Å². The molecule has 7 heteroatoms. The highest BCUT2D eigenvalue weighted by molar-refractivity contribution is 9.10. The summed E-state index contributed by atoms with van der Waals surface area (Å²) in [5.74, 6) is 0.449. The first-order chi connectivity index (χ1) is 8.15. The Hall–Kier alpha value is -1.21. The number of amides is 1. The third kappa shape index (κ3) is 3.37. The average molecular weight is 300 g/mol. The van der Waals surface area contributed by atoms with Gasteiger partial charge in [0.1, 0.15) is 0 Å². The lowest BCUT2D eigenvalue weighted by Crippen LogP contribution is -2.49. The van der Waals surface area contributed by atoms with Crippen molar-refractivity contribution in [3.05, 3.63) is 16.9 Å². The van der Waals surface area contributed by atoms with Gasteiger partial charge in [-0.3, -0.25) is 9.69 Å². The van der Waals surface area contributed by atoms with Crippen LogP contribution in [-0.2, 0) is 4.79 Å². The number of carbonyl (C=O) groups is 1. The maximum Gasteiger partial charge on any atom is 0.231 e. The van der Waals surface area contributed by atoms with Gasteiger partial charge in [-0.25, -0.2) is 9.97 Å². The molecule has 17 heavy (non-hydrogen) atoms. The molecule has 1 amide bonds. The molecule has 0 atom stereocenters. The van der Waals surface area contributed by atoms with Crippen LogP contribution < -0.4 is 10.6 Å². The third-order valence-corrected chi connectivity index (χ3v) is 3.05. The van der Waals surface area contributed by atoms with Crippen LogP contribution in [0.1, 0.15) is 0 Å². The summed E-state index contributed by atoms with van der Waals surface area (Å²) in [7, 11) is 0. The van der Waals surface area contributed by atoms with Crippen LogP contribution in [0.4, 0.5) is 5.95 Å². The van der Waals surface area contributed by atoms with Crippen LogP contribution in [0.5, 0.6) is 0 Å². The van der Waals surface area contributed by atoms with E-state index in [9.17, 15) is 4.79 Å². The van der Waals surface area contributed by atoms with E-state index in [0.29, 0.717) is 6.54 Å². The molecule has 0 aromatic carbocycles. The SMILES string of the molecule is NC(=O)CN1CCN(c2ncc(Br)cn2)CC1. The van der Waals surface area contributed by atoms with Gasteiger partial charge in [-0.15, -0.1) is 0 Å². The molecule has 6 nitrogen and oxygen atoms in total. The minimum atomic E-state index is -0.279. The van der Waals surface area contributed by atoms with E-state index in [1.165, 1.54) is 0 Å². The van der Waals surface area contributed by atoms with Crippen LogP contribution in [-0.4, -0.2) is 53.5 Å². The van der Waals surface area contributed by atoms with Gasteiger partial charge in [0, 0.05) is 38.6 Å². The highest BCUT2D eigenvalue weighted by atomic mass is 79.9. The van der Waals surface area contributed by atoms with E-state index < -0.39 is 0 Å². The Morgan fingerprint density at radius 1 is 1.29 bits per heavy atom. The van der Waals surface area contributed by atoms with Crippen LogP contribution in [0, 0.1) is 0 Å². The molecular formula is C10H14BrN5O. The fraction of sp³-hybridized carbons (Fsp3) is 0.500. The van der Waals surface area contributed by atoms with Gasteiger partial charge in [0.05, 0.1) is 11.0 Å². The summed E-state index contributed by atoms with van der Waals surface area (Å²) in [6, 6.07) is 0. The number of nitrogens with two attached hydrogens (primary N) is 1. The fourth-order valence-corrected chi connectivity index (χ4v) is 2.00. The van der Waals surface area contributed by atoms with Gasteiger partial charge in [0.25, 0.3) is 0 Å². The quantitative estimate of drug-likeness (QED) is 0.840. The van der Waals surface area contributed by atoms with Gasteiger partial charge in [-0.05, 0) is 15.9 Å². The molecule has 0 saturated carbocycles. The molecule has 0 bridgehead atoms. The molecular weight excluding hydrogens is 286 g/mol. The van der Waals surface area contributed by atoms with E-state index >= 15 is 0 Å². The van der Waals surface area contributed by atoms with Crippen LogP contribution in [0.15, 0.2) is 16.9 Å². The van der Waals surface area contributed by atoms with Crippen molar-refractivity contribution in [1.29, 1.82) is 0 Å². The molecule has 0 unspecified atom stereocenters. The molecule has 1 aromatic rings. The lowest BCUT2D eigenvalue weighted by atomic mass is 10.3. The number of rotatable bonds is 3. The van der Waals surface area contributed by atoms with Crippen molar-refractivity contribution in [1.82, 2.24) is 14.9 Å². The monoisotopic (exact) mass is 299 g/mol. The number of hydrogen-bond donors (Lipinski definition) is 1. The topological polar surface area (TPSA) is 75.4 Å². The Kier molecular flexibility index (Phi) is 3.90. The maximum atomic E-state index is 10.8. The number of primary amides is 1. The van der Waals surface area contributed by atoms with Crippen molar-refractivity contribution in [3.63, 3.8) is 0 Å². The normalized spacial score (nSPS) is 17.1. The second-order valence-corrected chi connectivity index (χ2v) is 4.85. The van der Waals surface area contributed by atoms with Gasteiger partial charge in [-0.2, -0.15) is 0 Å². The molecule has 1 fully saturated rings. The molecule has 2 N–H and O–H groups in total. The number of nitrogens with zero attached hydrogens (tertiary/aromatic N) is 4. The highest BCUT2D eigenvalue weighted by Crippen LogP contribution is 2.12. The standard InChI is InChI=1S/C10H14BrN5O/c11-8-5-13-10(14-6-8)16-3-1-15(2-4-16)7-9(12)17/h5-6H,1-4,7H2,(H2,12,17). The van der Waals surface area contributed by atoms with E-state index in [4.69, 9.17) is 5.73 Å². The van der Waals surface area contributed by atoms with E-state index in [1.807, 2.05) is 4.90 Å². The molecule has 1 aromatic heterocycles. The molecule has 2 heterocycles. The Morgan fingerprint density at radius 3 is 2.41 bits per heavy atom. The number of piperazine rings is 1. The van der Waals surface area contributed by atoms with Crippen molar-refractivity contribution in [2.75, 3.05) is 37.6 Å². The van der Waals surface area contributed by atoms with Gasteiger partial charge < -0.3 is 10.6 Å². The van der Waals surface area contributed by atoms with E-state index in [0.717, 1.165) is 36.6 Å². The summed E-state index contributed by atoms with van der Waals surface area (Å²) >= 11 is 3.30. The van der Waals surface area contributed by atoms with Crippen LogP contribution in [0.3, 0.4) is 0 Å². The molecule has 0 spiro atoms. The second kappa shape index (κ2) is 5.42. The highest BCUT2D eigenvalue weighted by Gasteiger charge is 2.19. The predicted octanol–water partition coefficient (Wildman–Crippen LogP) is -0.154. The molecule has 1 saturated heterocycles. The Bertz CT molecular complexity index is 388. The van der Waals surface area contributed by atoms with E-state index in [2.05, 4.69) is 30.8 Å². The minimum Gasteiger partial charge on any atom is -0.369 e. The van der Waals surface area contributed by atoms with E-state index in [-0.39, 0.29) is 5.91 Å². The third-order valence-electron chi connectivity index (χ3n) is 2.64.